The van der Waals surface area contributed by atoms with Crippen molar-refractivity contribution in [1.29, 1.82) is 0 Å². The molecule has 0 saturated heterocycles. The second-order valence-electron chi connectivity index (χ2n) is 5.67. The molecule has 0 atom stereocenters. The SMILES string of the molecule is C=CCn1c(SCC(=O)Nc2c(Cl)cccc2Cl)[nH+]c2sc(C)cc2c1=O. The number of nitrogens with one attached hydrogen (secondary N) is 2. The van der Waals surface area contributed by atoms with Gasteiger partial charge in [-0.25, -0.2) is 9.78 Å². The highest BCUT2D eigenvalue weighted by molar-refractivity contribution is 7.99. The van der Waals surface area contributed by atoms with Crippen molar-refractivity contribution in [2.24, 2.45) is 0 Å². The van der Waals surface area contributed by atoms with Gasteiger partial charge in [0, 0.05) is 4.88 Å². The minimum atomic E-state index is -0.275. The first-order chi connectivity index (χ1) is 12.9. The van der Waals surface area contributed by atoms with Crippen LogP contribution in [0.5, 0.6) is 0 Å². The highest BCUT2D eigenvalue weighted by atomic mass is 35.5. The normalized spacial score (nSPS) is 10.9. The molecule has 3 rings (SSSR count). The first kappa shape index (κ1) is 19.9. The van der Waals surface area contributed by atoms with Crippen LogP contribution >= 0.6 is 46.3 Å². The van der Waals surface area contributed by atoms with Crippen LogP contribution in [0.4, 0.5) is 5.69 Å². The Labute approximate surface area is 174 Å². The number of hydrogen-bond acceptors (Lipinski definition) is 4. The number of allylic oxidation sites excluding steroid dienone is 1. The van der Waals surface area contributed by atoms with Crippen molar-refractivity contribution < 1.29 is 9.78 Å². The van der Waals surface area contributed by atoms with Crippen LogP contribution in [0.1, 0.15) is 4.88 Å². The molecule has 0 fully saturated rings. The third kappa shape index (κ3) is 4.38. The van der Waals surface area contributed by atoms with Gasteiger partial charge in [-0.2, -0.15) is 4.57 Å². The number of fused-ring (bicyclic) bond motifs is 1. The van der Waals surface area contributed by atoms with Gasteiger partial charge in [0.1, 0.15) is 11.9 Å². The molecule has 0 aliphatic rings. The molecule has 2 N–H and O–H groups in total. The summed E-state index contributed by atoms with van der Waals surface area (Å²) in [6, 6.07) is 6.87. The number of aromatic nitrogens is 2. The first-order valence-corrected chi connectivity index (χ1v) is 10.5. The summed E-state index contributed by atoms with van der Waals surface area (Å²) in [4.78, 5) is 30.1. The number of aryl methyl sites for hydroxylation is 1. The van der Waals surface area contributed by atoms with Gasteiger partial charge in [-0.15, -0.1) is 0 Å². The third-order valence-corrected chi connectivity index (χ3v) is 6.27. The van der Waals surface area contributed by atoms with E-state index in [1.54, 1.807) is 28.8 Å². The Morgan fingerprint density at radius 1 is 1.41 bits per heavy atom. The van der Waals surface area contributed by atoms with Crippen LogP contribution in [0.15, 0.2) is 46.9 Å². The lowest BCUT2D eigenvalue weighted by Gasteiger charge is -2.08. The molecular formula is C18H16Cl2N3O2S2+. The molecule has 0 radical (unpaired) electrons. The molecule has 0 aliphatic heterocycles. The van der Waals surface area contributed by atoms with Crippen LogP contribution in [-0.4, -0.2) is 16.2 Å². The fourth-order valence-electron chi connectivity index (χ4n) is 2.50. The van der Waals surface area contributed by atoms with E-state index in [4.69, 9.17) is 23.2 Å². The molecule has 0 unspecified atom stereocenters. The number of rotatable bonds is 6. The van der Waals surface area contributed by atoms with Crippen LogP contribution in [-0.2, 0) is 11.3 Å². The molecule has 2 aromatic heterocycles. The predicted octanol–water partition coefficient (Wildman–Crippen LogP) is 4.41. The fourth-order valence-corrected chi connectivity index (χ4v) is 4.79. The van der Waals surface area contributed by atoms with E-state index < -0.39 is 0 Å². The summed E-state index contributed by atoms with van der Waals surface area (Å²) in [5.74, 6) is -0.187. The van der Waals surface area contributed by atoms with E-state index in [0.717, 1.165) is 9.71 Å². The highest BCUT2D eigenvalue weighted by Gasteiger charge is 2.21. The van der Waals surface area contributed by atoms with Crippen molar-refractivity contribution in [3.05, 3.63) is 62.2 Å². The number of carbonyl (C=O) groups excluding carboxylic acids is 1. The number of para-hydroxylation sites is 1. The Hall–Kier alpha value is -1.80. The molecule has 1 amide bonds. The van der Waals surface area contributed by atoms with E-state index >= 15 is 0 Å². The number of H-pyrrole nitrogens is 1. The second kappa shape index (κ2) is 8.48. The molecule has 3 aromatic rings. The molecule has 5 nitrogen and oxygen atoms in total. The van der Waals surface area contributed by atoms with Gasteiger partial charge in [-0.1, -0.05) is 53.3 Å². The Bertz CT molecular complexity index is 1070. The van der Waals surface area contributed by atoms with Gasteiger partial charge in [0.05, 0.1) is 21.5 Å². The predicted molar refractivity (Wildman–Crippen MR) is 113 cm³/mol. The Morgan fingerprint density at radius 2 is 2.11 bits per heavy atom. The zero-order valence-corrected chi connectivity index (χ0v) is 17.5. The average Bonchev–Trinajstić information content (AvgIpc) is 3.00. The summed E-state index contributed by atoms with van der Waals surface area (Å²) in [6.07, 6.45) is 1.65. The first-order valence-electron chi connectivity index (χ1n) is 7.94. The standard InChI is InChI=1S/C18H15Cl2N3O2S2/c1-3-7-23-17(25)11-8-10(2)27-16(11)22-18(23)26-9-14(24)21-15-12(19)5-4-6-13(15)20/h3-6,8H,1,7,9H2,2H3,(H,21,24)/p+1. The summed E-state index contributed by atoms with van der Waals surface area (Å²) < 4.78 is 1.57. The topological polar surface area (TPSA) is 65.2 Å². The Balaban J connectivity index is 1.83. The fraction of sp³-hybridized carbons (Fsp3) is 0.167. The maximum atomic E-state index is 12.7. The van der Waals surface area contributed by atoms with E-state index in [9.17, 15) is 9.59 Å². The maximum absolute atomic E-state index is 12.7. The number of anilines is 1. The van der Waals surface area contributed by atoms with Crippen molar-refractivity contribution in [2.75, 3.05) is 11.1 Å². The van der Waals surface area contributed by atoms with Gasteiger partial charge < -0.3 is 5.32 Å². The molecule has 9 heteroatoms. The second-order valence-corrected chi connectivity index (χ2v) is 8.70. The lowest BCUT2D eigenvalue weighted by molar-refractivity contribution is -0.404. The van der Waals surface area contributed by atoms with Crippen LogP contribution < -0.4 is 15.9 Å². The van der Waals surface area contributed by atoms with Gasteiger partial charge in [0.25, 0.3) is 0 Å². The zero-order valence-electron chi connectivity index (χ0n) is 14.3. The number of nitrogens with zero attached hydrogens (tertiary/aromatic N) is 1. The monoisotopic (exact) mass is 440 g/mol. The van der Waals surface area contributed by atoms with Gasteiger partial charge in [-0.3, -0.25) is 4.79 Å². The van der Waals surface area contributed by atoms with Crippen LogP contribution in [0, 0.1) is 6.92 Å². The number of hydrogen-bond donors (Lipinski definition) is 1. The van der Waals surface area contributed by atoms with Gasteiger partial charge in [-0.05, 0) is 36.9 Å². The maximum Gasteiger partial charge on any atom is 0.347 e. The molecule has 1 aromatic carbocycles. The van der Waals surface area contributed by atoms with Crippen molar-refractivity contribution in [1.82, 2.24) is 4.57 Å². The molecule has 140 valence electrons. The van der Waals surface area contributed by atoms with Crippen molar-refractivity contribution in [2.45, 2.75) is 18.6 Å². The number of aromatic amines is 1. The minimum Gasteiger partial charge on any atom is -0.323 e. The van der Waals surface area contributed by atoms with Crippen molar-refractivity contribution >= 4 is 68.1 Å². The number of thiophene rings is 1. The molecule has 27 heavy (non-hydrogen) atoms. The van der Waals surface area contributed by atoms with E-state index in [0.29, 0.717) is 32.8 Å². The average molecular weight is 441 g/mol. The number of benzene rings is 1. The summed E-state index contributed by atoms with van der Waals surface area (Å²) in [6.45, 7) is 6.00. The number of thioether (sulfide) groups is 1. The zero-order chi connectivity index (χ0) is 19.6. The van der Waals surface area contributed by atoms with Crippen LogP contribution in [0.2, 0.25) is 10.0 Å². The summed E-state index contributed by atoms with van der Waals surface area (Å²) >= 11 is 14.9. The highest BCUT2D eigenvalue weighted by Crippen LogP contribution is 2.30. The lowest BCUT2D eigenvalue weighted by Crippen LogP contribution is -2.29. The van der Waals surface area contributed by atoms with Gasteiger partial charge in [0.2, 0.25) is 5.91 Å². The van der Waals surface area contributed by atoms with Gasteiger partial charge in [0.15, 0.2) is 4.83 Å². The molecule has 0 saturated carbocycles. The van der Waals surface area contributed by atoms with Crippen molar-refractivity contribution in [3.8, 4) is 0 Å². The van der Waals surface area contributed by atoms with E-state index in [-0.39, 0.29) is 17.2 Å². The van der Waals surface area contributed by atoms with Crippen molar-refractivity contribution in [3.63, 3.8) is 0 Å². The summed E-state index contributed by atoms with van der Waals surface area (Å²) in [5, 5.41) is 4.68. The largest absolute Gasteiger partial charge is 0.347 e. The van der Waals surface area contributed by atoms with Crippen LogP contribution in [0.3, 0.4) is 0 Å². The van der Waals surface area contributed by atoms with E-state index in [1.807, 2.05) is 13.0 Å². The Morgan fingerprint density at radius 3 is 2.78 bits per heavy atom. The number of carbonyl (C=O) groups is 1. The summed E-state index contributed by atoms with van der Waals surface area (Å²) in [5.41, 5.74) is 0.272. The Kier molecular flexibility index (Phi) is 6.26. The molecule has 0 spiro atoms. The molecular weight excluding hydrogens is 425 g/mol. The van der Waals surface area contributed by atoms with Crippen LogP contribution in [0.25, 0.3) is 10.2 Å². The molecule has 2 heterocycles. The number of halogens is 2. The smallest absolute Gasteiger partial charge is 0.323 e. The van der Waals surface area contributed by atoms with E-state index in [1.165, 1.54) is 23.1 Å². The minimum absolute atomic E-state index is 0.0878. The molecule has 0 bridgehead atoms. The third-order valence-electron chi connectivity index (χ3n) is 3.68. The summed E-state index contributed by atoms with van der Waals surface area (Å²) in [7, 11) is 0. The number of amides is 1. The van der Waals surface area contributed by atoms with Gasteiger partial charge >= 0.3 is 10.7 Å². The quantitative estimate of drug-likeness (QED) is 0.350. The lowest BCUT2D eigenvalue weighted by atomic mass is 10.3. The molecule has 0 aliphatic carbocycles. The van der Waals surface area contributed by atoms with E-state index in [2.05, 4.69) is 16.9 Å².